The first kappa shape index (κ1) is 16.2. The molecule has 0 saturated heterocycles. The van der Waals surface area contributed by atoms with Gasteiger partial charge in [-0.25, -0.2) is 0 Å². The van der Waals surface area contributed by atoms with Crippen molar-refractivity contribution in [2.45, 2.75) is 19.4 Å². The van der Waals surface area contributed by atoms with Crippen LogP contribution in [0.1, 0.15) is 25.0 Å². The van der Waals surface area contributed by atoms with E-state index in [1.54, 1.807) is 34.5 Å². The molecule has 5 nitrogen and oxygen atoms in total. The third kappa shape index (κ3) is 2.52. The summed E-state index contributed by atoms with van der Waals surface area (Å²) in [7, 11) is 6.35. The topological polar surface area (TPSA) is 57.2 Å². The van der Waals surface area contributed by atoms with Crippen LogP contribution in [0.4, 0.5) is 0 Å². The van der Waals surface area contributed by atoms with Crippen LogP contribution in [0.5, 0.6) is 23.0 Å². The van der Waals surface area contributed by atoms with Crippen LogP contribution in [0, 0.1) is 0 Å². The largest absolute Gasteiger partial charge is 0.496 e. The molecule has 22 heavy (non-hydrogen) atoms. The second-order valence-electron chi connectivity index (χ2n) is 4.85. The summed E-state index contributed by atoms with van der Waals surface area (Å²) in [6.07, 6.45) is -0.0822. The molecule has 0 fully saturated rings. The van der Waals surface area contributed by atoms with Gasteiger partial charge in [-0.1, -0.05) is 6.92 Å². The minimum absolute atomic E-state index is 0.567. The SMILES string of the molecule is CCC(O)c1cc(OC)c2c(OC)ccc(OC)c2c1OC. The smallest absolute Gasteiger partial charge is 0.136 e. The number of methoxy groups -OCH3 is 4. The van der Waals surface area contributed by atoms with E-state index in [4.69, 9.17) is 18.9 Å². The molecular formula is C17H22O5. The van der Waals surface area contributed by atoms with Crippen molar-refractivity contribution in [3.63, 3.8) is 0 Å². The van der Waals surface area contributed by atoms with Gasteiger partial charge in [0.15, 0.2) is 0 Å². The van der Waals surface area contributed by atoms with Crippen LogP contribution >= 0.6 is 0 Å². The number of aliphatic hydroxyl groups excluding tert-OH is 1. The van der Waals surface area contributed by atoms with Crippen molar-refractivity contribution in [3.8, 4) is 23.0 Å². The van der Waals surface area contributed by atoms with E-state index < -0.39 is 6.10 Å². The van der Waals surface area contributed by atoms with Gasteiger partial charge >= 0.3 is 0 Å². The Kier molecular flexibility index (Phi) is 4.98. The van der Waals surface area contributed by atoms with Gasteiger partial charge in [0.25, 0.3) is 0 Å². The fourth-order valence-corrected chi connectivity index (χ4v) is 2.65. The maximum absolute atomic E-state index is 10.3. The molecule has 1 N–H and O–H groups in total. The van der Waals surface area contributed by atoms with Gasteiger partial charge < -0.3 is 24.1 Å². The normalized spacial score (nSPS) is 12.1. The van der Waals surface area contributed by atoms with Crippen molar-refractivity contribution in [1.29, 1.82) is 0 Å². The average Bonchev–Trinajstić information content (AvgIpc) is 2.58. The molecule has 0 amide bonds. The molecule has 0 aromatic heterocycles. The summed E-state index contributed by atoms with van der Waals surface area (Å²) >= 11 is 0. The highest BCUT2D eigenvalue weighted by Gasteiger charge is 2.23. The first-order valence-electron chi connectivity index (χ1n) is 7.10. The molecule has 1 atom stereocenters. The first-order chi connectivity index (χ1) is 10.6. The van der Waals surface area contributed by atoms with Crippen LogP contribution in [0.3, 0.4) is 0 Å². The van der Waals surface area contributed by atoms with Crippen LogP contribution in [0.2, 0.25) is 0 Å². The molecule has 120 valence electrons. The van der Waals surface area contributed by atoms with E-state index in [1.807, 2.05) is 19.1 Å². The van der Waals surface area contributed by atoms with Crippen molar-refractivity contribution < 1.29 is 24.1 Å². The third-order valence-corrected chi connectivity index (χ3v) is 3.76. The quantitative estimate of drug-likeness (QED) is 0.887. The summed E-state index contributed by atoms with van der Waals surface area (Å²) in [5, 5.41) is 11.8. The molecule has 0 spiro atoms. The molecule has 0 aliphatic heterocycles. The zero-order valence-corrected chi connectivity index (χ0v) is 13.6. The monoisotopic (exact) mass is 306 g/mol. The number of hydrogen-bond acceptors (Lipinski definition) is 5. The van der Waals surface area contributed by atoms with Gasteiger partial charge in [-0.05, 0) is 24.6 Å². The molecule has 2 rings (SSSR count). The number of aliphatic hydroxyl groups is 1. The molecule has 0 radical (unpaired) electrons. The number of rotatable bonds is 6. The van der Waals surface area contributed by atoms with Gasteiger partial charge in [0.05, 0.1) is 45.3 Å². The molecule has 5 heteroatoms. The molecular weight excluding hydrogens is 284 g/mol. The Morgan fingerprint density at radius 1 is 0.864 bits per heavy atom. The maximum Gasteiger partial charge on any atom is 0.136 e. The number of ether oxygens (including phenoxy) is 4. The number of fused-ring (bicyclic) bond motifs is 1. The van der Waals surface area contributed by atoms with Crippen molar-refractivity contribution >= 4 is 10.8 Å². The van der Waals surface area contributed by atoms with E-state index in [0.717, 1.165) is 10.8 Å². The van der Waals surface area contributed by atoms with Crippen molar-refractivity contribution in [2.75, 3.05) is 28.4 Å². The summed E-state index contributed by atoms with van der Waals surface area (Å²) in [6.45, 7) is 1.91. The Morgan fingerprint density at radius 3 is 1.86 bits per heavy atom. The Morgan fingerprint density at radius 2 is 1.41 bits per heavy atom. The lowest BCUT2D eigenvalue weighted by Crippen LogP contribution is -2.03. The summed E-state index contributed by atoms with van der Waals surface area (Å²) < 4.78 is 22.0. The van der Waals surface area contributed by atoms with Crippen LogP contribution in [0.15, 0.2) is 18.2 Å². The van der Waals surface area contributed by atoms with E-state index >= 15 is 0 Å². The molecule has 0 aliphatic carbocycles. The standard InChI is InChI=1S/C17H22O5/c1-6-11(18)10-9-14(21-4)15-12(19-2)7-8-13(20-3)16(15)17(10)22-5/h7-9,11,18H,6H2,1-5H3. The van der Waals surface area contributed by atoms with Crippen LogP contribution in [0.25, 0.3) is 10.8 Å². The molecule has 0 heterocycles. The molecule has 2 aromatic carbocycles. The maximum atomic E-state index is 10.3. The lowest BCUT2D eigenvalue weighted by atomic mass is 9.98. The van der Waals surface area contributed by atoms with Gasteiger partial charge in [0.2, 0.25) is 0 Å². The Bertz CT molecular complexity index is 666. The molecule has 0 bridgehead atoms. The van der Waals surface area contributed by atoms with Gasteiger partial charge in [-0.3, -0.25) is 0 Å². The second-order valence-corrected chi connectivity index (χ2v) is 4.85. The summed E-state index contributed by atoms with van der Waals surface area (Å²) in [4.78, 5) is 0. The fraction of sp³-hybridized carbons (Fsp3) is 0.412. The van der Waals surface area contributed by atoms with Crippen molar-refractivity contribution in [3.05, 3.63) is 23.8 Å². The van der Waals surface area contributed by atoms with Gasteiger partial charge in [-0.15, -0.1) is 0 Å². The van der Waals surface area contributed by atoms with Crippen LogP contribution < -0.4 is 18.9 Å². The number of hydrogen-bond donors (Lipinski definition) is 1. The summed E-state index contributed by atoms with van der Waals surface area (Å²) in [5.41, 5.74) is 0.668. The average molecular weight is 306 g/mol. The van der Waals surface area contributed by atoms with E-state index in [-0.39, 0.29) is 0 Å². The Hall–Kier alpha value is -2.14. The van der Waals surface area contributed by atoms with E-state index in [2.05, 4.69) is 0 Å². The van der Waals surface area contributed by atoms with E-state index in [0.29, 0.717) is 35.0 Å². The van der Waals surface area contributed by atoms with E-state index in [1.165, 1.54) is 0 Å². The number of benzene rings is 2. The molecule has 1 unspecified atom stereocenters. The molecule has 0 aliphatic rings. The molecule has 2 aromatic rings. The zero-order chi connectivity index (χ0) is 16.3. The minimum Gasteiger partial charge on any atom is -0.496 e. The lowest BCUT2D eigenvalue weighted by Gasteiger charge is -2.20. The zero-order valence-electron chi connectivity index (χ0n) is 13.6. The molecule has 0 saturated carbocycles. The Balaban J connectivity index is 2.98. The summed E-state index contributed by atoms with van der Waals surface area (Å²) in [5.74, 6) is 2.47. The van der Waals surface area contributed by atoms with Crippen molar-refractivity contribution in [1.82, 2.24) is 0 Å². The minimum atomic E-state index is -0.649. The van der Waals surface area contributed by atoms with Gasteiger partial charge in [0, 0.05) is 5.56 Å². The van der Waals surface area contributed by atoms with E-state index in [9.17, 15) is 5.11 Å². The predicted octanol–water partition coefficient (Wildman–Crippen LogP) is 3.32. The second kappa shape index (κ2) is 6.75. The highest BCUT2D eigenvalue weighted by molar-refractivity contribution is 6.03. The van der Waals surface area contributed by atoms with Gasteiger partial charge in [0.1, 0.15) is 23.0 Å². The van der Waals surface area contributed by atoms with Crippen LogP contribution in [-0.2, 0) is 0 Å². The summed E-state index contributed by atoms with van der Waals surface area (Å²) in [6, 6.07) is 5.42. The van der Waals surface area contributed by atoms with Gasteiger partial charge in [-0.2, -0.15) is 0 Å². The third-order valence-electron chi connectivity index (χ3n) is 3.76. The van der Waals surface area contributed by atoms with Crippen molar-refractivity contribution in [2.24, 2.45) is 0 Å². The van der Waals surface area contributed by atoms with Crippen LogP contribution in [-0.4, -0.2) is 33.5 Å². The fourth-order valence-electron chi connectivity index (χ4n) is 2.65. The highest BCUT2D eigenvalue weighted by atomic mass is 16.5. The highest BCUT2D eigenvalue weighted by Crippen LogP contribution is 2.47. The lowest BCUT2D eigenvalue weighted by molar-refractivity contribution is 0.169. The Labute approximate surface area is 130 Å². The first-order valence-corrected chi connectivity index (χ1v) is 7.10. The predicted molar refractivity (Wildman–Crippen MR) is 85.4 cm³/mol.